The quantitative estimate of drug-likeness (QED) is 0.687. The molecule has 1 N–H and O–H groups in total. The summed E-state index contributed by atoms with van der Waals surface area (Å²) in [6, 6.07) is 2.66. The van der Waals surface area contributed by atoms with E-state index in [-0.39, 0.29) is 0 Å². The van der Waals surface area contributed by atoms with Gasteiger partial charge in [-0.15, -0.1) is 0 Å². The van der Waals surface area contributed by atoms with Gasteiger partial charge in [-0.05, 0) is 38.5 Å². The van der Waals surface area contributed by atoms with Crippen molar-refractivity contribution in [3.63, 3.8) is 0 Å². The molecule has 98 valence electrons. The molecule has 0 aliphatic heterocycles. The number of rotatable bonds is 9. The van der Waals surface area contributed by atoms with Crippen molar-refractivity contribution < 1.29 is 4.42 Å². The van der Waals surface area contributed by atoms with Gasteiger partial charge in [0, 0.05) is 31.2 Å². The molecule has 1 aromatic heterocycles. The van der Waals surface area contributed by atoms with Crippen LogP contribution >= 0.6 is 11.8 Å². The molecule has 0 aromatic carbocycles. The Kier molecular flexibility index (Phi) is 7.40. The minimum atomic E-state index is 0.665. The van der Waals surface area contributed by atoms with Crippen molar-refractivity contribution in [1.29, 1.82) is 0 Å². The third kappa shape index (κ3) is 6.15. The van der Waals surface area contributed by atoms with Crippen molar-refractivity contribution in [3.8, 4) is 0 Å². The maximum atomic E-state index is 5.02. The van der Waals surface area contributed by atoms with Crippen LogP contribution in [0.3, 0.4) is 0 Å². The maximum absolute atomic E-state index is 5.02. The smallest absolute Gasteiger partial charge is 0.0947 e. The molecule has 0 radical (unpaired) electrons. The van der Waals surface area contributed by atoms with E-state index in [1.54, 1.807) is 12.5 Å². The third-order valence-corrected chi connectivity index (χ3v) is 3.69. The highest BCUT2D eigenvalue weighted by molar-refractivity contribution is 7.98. The summed E-state index contributed by atoms with van der Waals surface area (Å²) in [5, 5.41) is 3.42. The predicted octanol–water partition coefficient (Wildman–Crippen LogP) is 2.44. The van der Waals surface area contributed by atoms with Crippen molar-refractivity contribution in [2.45, 2.75) is 25.9 Å². The summed E-state index contributed by atoms with van der Waals surface area (Å²) in [5.41, 5.74) is 1.21. The van der Waals surface area contributed by atoms with Crippen LogP contribution in [0.1, 0.15) is 18.9 Å². The molecule has 17 heavy (non-hydrogen) atoms. The summed E-state index contributed by atoms with van der Waals surface area (Å²) in [6.07, 6.45) is 6.93. The van der Waals surface area contributed by atoms with Crippen molar-refractivity contribution >= 4 is 11.8 Å². The van der Waals surface area contributed by atoms with Crippen LogP contribution in [-0.2, 0) is 6.54 Å². The molecule has 1 heterocycles. The second-order valence-electron chi connectivity index (χ2n) is 4.42. The Hall–Kier alpha value is -0.450. The molecule has 1 unspecified atom stereocenters. The standard InChI is InChI=1S/C13H24N2OS/c1-12(5-9-17-3)15(2)7-6-14-10-13-4-8-16-11-13/h4,8,11-12,14H,5-7,9-10H2,1-3H3. The predicted molar refractivity (Wildman–Crippen MR) is 75.5 cm³/mol. The van der Waals surface area contributed by atoms with Crippen LogP contribution < -0.4 is 5.32 Å². The van der Waals surface area contributed by atoms with Gasteiger partial charge in [0.05, 0.1) is 12.5 Å². The highest BCUT2D eigenvalue weighted by Gasteiger charge is 2.07. The fourth-order valence-corrected chi connectivity index (χ4v) is 2.19. The summed E-state index contributed by atoms with van der Waals surface area (Å²) in [5.74, 6) is 1.24. The lowest BCUT2D eigenvalue weighted by Crippen LogP contribution is -2.35. The minimum absolute atomic E-state index is 0.665. The molecule has 1 aromatic rings. The van der Waals surface area contributed by atoms with E-state index in [0.717, 1.165) is 19.6 Å². The number of nitrogens with one attached hydrogen (secondary N) is 1. The van der Waals surface area contributed by atoms with E-state index in [1.807, 2.05) is 17.8 Å². The van der Waals surface area contributed by atoms with Gasteiger partial charge in [0.1, 0.15) is 0 Å². The molecule has 4 heteroatoms. The van der Waals surface area contributed by atoms with Crippen molar-refractivity contribution in [2.24, 2.45) is 0 Å². The van der Waals surface area contributed by atoms with Gasteiger partial charge in [-0.25, -0.2) is 0 Å². The molecule has 3 nitrogen and oxygen atoms in total. The molecule has 0 saturated heterocycles. The van der Waals surface area contributed by atoms with E-state index in [2.05, 4.69) is 30.4 Å². The number of hydrogen-bond donors (Lipinski definition) is 1. The van der Waals surface area contributed by atoms with Gasteiger partial charge in [-0.1, -0.05) is 0 Å². The fraction of sp³-hybridized carbons (Fsp3) is 0.692. The first kappa shape index (κ1) is 14.6. The van der Waals surface area contributed by atoms with Crippen LogP contribution in [0.2, 0.25) is 0 Å². The topological polar surface area (TPSA) is 28.4 Å². The molecular formula is C13H24N2OS. The first-order valence-electron chi connectivity index (χ1n) is 6.15. The van der Waals surface area contributed by atoms with E-state index in [9.17, 15) is 0 Å². The lowest BCUT2D eigenvalue weighted by atomic mass is 10.2. The Balaban J connectivity index is 2.05. The van der Waals surface area contributed by atoms with E-state index in [4.69, 9.17) is 4.42 Å². The molecule has 0 bridgehead atoms. The lowest BCUT2D eigenvalue weighted by molar-refractivity contribution is 0.253. The molecule has 0 aliphatic carbocycles. The number of furan rings is 1. The average molecular weight is 256 g/mol. The molecule has 1 rings (SSSR count). The summed E-state index contributed by atoms with van der Waals surface area (Å²) in [6.45, 7) is 5.30. The van der Waals surface area contributed by atoms with Crippen LogP contribution in [0.5, 0.6) is 0 Å². The second kappa shape index (κ2) is 8.61. The van der Waals surface area contributed by atoms with Crippen LogP contribution in [0.15, 0.2) is 23.0 Å². The van der Waals surface area contributed by atoms with Gasteiger partial charge >= 0.3 is 0 Å². The van der Waals surface area contributed by atoms with Crippen LogP contribution in [0.4, 0.5) is 0 Å². The van der Waals surface area contributed by atoms with Crippen molar-refractivity contribution in [3.05, 3.63) is 24.2 Å². The average Bonchev–Trinajstić information content (AvgIpc) is 2.84. The van der Waals surface area contributed by atoms with Crippen LogP contribution in [0.25, 0.3) is 0 Å². The van der Waals surface area contributed by atoms with Crippen LogP contribution in [-0.4, -0.2) is 43.1 Å². The molecule has 0 amide bonds. The largest absolute Gasteiger partial charge is 0.472 e. The molecule has 0 aliphatic rings. The van der Waals surface area contributed by atoms with Crippen molar-refractivity contribution in [2.75, 3.05) is 32.1 Å². The Labute approximate surface area is 109 Å². The monoisotopic (exact) mass is 256 g/mol. The number of likely N-dealkylation sites (N-methyl/N-ethyl adjacent to an activating group) is 1. The van der Waals surface area contributed by atoms with E-state index < -0.39 is 0 Å². The summed E-state index contributed by atoms with van der Waals surface area (Å²) < 4.78 is 5.02. The molecule has 1 atom stereocenters. The summed E-state index contributed by atoms with van der Waals surface area (Å²) >= 11 is 1.92. The van der Waals surface area contributed by atoms with Crippen LogP contribution in [0, 0.1) is 0 Å². The number of nitrogens with zero attached hydrogens (tertiary/aromatic N) is 1. The highest BCUT2D eigenvalue weighted by atomic mass is 32.2. The van der Waals surface area contributed by atoms with Gasteiger partial charge in [0.15, 0.2) is 0 Å². The Morgan fingerprint density at radius 1 is 1.53 bits per heavy atom. The summed E-state index contributed by atoms with van der Waals surface area (Å²) in [4.78, 5) is 2.42. The van der Waals surface area contributed by atoms with E-state index in [1.165, 1.54) is 17.7 Å². The summed E-state index contributed by atoms with van der Waals surface area (Å²) in [7, 11) is 2.20. The minimum Gasteiger partial charge on any atom is -0.472 e. The first-order chi connectivity index (χ1) is 8.24. The Morgan fingerprint density at radius 2 is 2.35 bits per heavy atom. The molecule has 0 saturated carbocycles. The zero-order valence-electron chi connectivity index (χ0n) is 11.1. The fourth-order valence-electron chi connectivity index (χ4n) is 1.61. The van der Waals surface area contributed by atoms with Gasteiger partial charge in [-0.3, -0.25) is 0 Å². The zero-order chi connectivity index (χ0) is 12.5. The number of hydrogen-bond acceptors (Lipinski definition) is 4. The van der Waals surface area contributed by atoms with Gasteiger partial charge in [-0.2, -0.15) is 11.8 Å². The zero-order valence-corrected chi connectivity index (χ0v) is 11.9. The molecular weight excluding hydrogens is 232 g/mol. The normalized spacial score (nSPS) is 13.2. The maximum Gasteiger partial charge on any atom is 0.0947 e. The van der Waals surface area contributed by atoms with E-state index >= 15 is 0 Å². The van der Waals surface area contributed by atoms with Gasteiger partial charge in [0.25, 0.3) is 0 Å². The molecule has 0 spiro atoms. The van der Waals surface area contributed by atoms with Gasteiger partial charge in [0.2, 0.25) is 0 Å². The lowest BCUT2D eigenvalue weighted by Gasteiger charge is -2.24. The van der Waals surface area contributed by atoms with E-state index in [0.29, 0.717) is 6.04 Å². The molecule has 0 fully saturated rings. The van der Waals surface area contributed by atoms with Crippen molar-refractivity contribution in [1.82, 2.24) is 10.2 Å². The third-order valence-electron chi connectivity index (χ3n) is 3.04. The SMILES string of the molecule is CSCCC(C)N(C)CCNCc1ccoc1. The highest BCUT2D eigenvalue weighted by Crippen LogP contribution is 2.05. The first-order valence-corrected chi connectivity index (χ1v) is 7.54. The Morgan fingerprint density at radius 3 is 3.00 bits per heavy atom. The Bertz CT molecular complexity index is 277. The second-order valence-corrected chi connectivity index (χ2v) is 5.41. The number of thioether (sulfide) groups is 1. The van der Waals surface area contributed by atoms with Gasteiger partial charge < -0.3 is 14.6 Å².